The zero-order valence-corrected chi connectivity index (χ0v) is 10.7. The van der Waals surface area contributed by atoms with Gasteiger partial charge in [-0.3, -0.25) is 0 Å². The summed E-state index contributed by atoms with van der Waals surface area (Å²) in [6.07, 6.45) is 0. The second-order valence-corrected chi connectivity index (χ2v) is 3.37. The molecule has 0 radical (unpaired) electrons. The van der Waals surface area contributed by atoms with E-state index in [0.717, 1.165) is 0 Å². The van der Waals surface area contributed by atoms with Gasteiger partial charge in [0.1, 0.15) is 0 Å². The van der Waals surface area contributed by atoms with Crippen LogP contribution < -0.4 is 18.9 Å². The third-order valence-corrected chi connectivity index (χ3v) is 2.18. The van der Waals surface area contributed by atoms with Crippen molar-refractivity contribution in [3.63, 3.8) is 0 Å². The van der Waals surface area contributed by atoms with Crippen molar-refractivity contribution in [1.29, 1.82) is 0 Å². The molecule has 0 spiro atoms. The van der Waals surface area contributed by atoms with Gasteiger partial charge in [0.25, 0.3) is 5.97 Å². The van der Waals surface area contributed by atoms with Crippen LogP contribution in [-0.4, -0.2) is 24.1 Å². The standard InChI is InChI=1S/C13H13O4.Li/c1-3-17-13(16)12(15)9(2)11(14)10-7-5-4-6-8-10;/h4-8H,3H2,1-2H3;/q-1;+1. The SMILES string of the molecule is CCOC(=O)C(=O)[C-](C)C(=O)c1ccccc1.[Li+]. The molecule has 90 valence electrons. The summed E-state index contributed by atoms with van der Waals surface area (Å²) in [6, 6.07) is 8.32. The molecule has 0 heterocycles. The Kier molecular flexibility index (Phi) is 7.11. The van der Waals surface area contributed by atoms with Crippen LogP contribution in [0.2, 0.25) is 0 Å². The molecule has 0 unspecified atom stereocenters. The quantitative estimate of drug-likeness (QED) is 0.159. The number of carbonyl (C=O) groups is 3. The van der Waals surface area contributed by atoms with Crippen molar-refractivity contribution in [2.75, 3.05) is 6.61 Å². The van der Waals surface area contributed by atoms with Crippen LogP contribution in [0.25, 0.3) is 0 Å². The summed E-state index contributed by atoms with van der Waals surface area (Å²) in [5, 5.41) is 0. The van der Waals surface area contributed by atoms with Gasteiger partial charge in [-0.05, 0) is 6.92 Å². The van der Waals surface area contributed by atoms with Crippen molar-refractivity contribution >= 4 is 17.5 Å². The first-order valence-corrected chi connectivity index (χ1v) is 5.22. The molecule has 0 aliphatic rings. The van der Waals surface area contributed by atoms with E-state index in [1.807, 2.05) is 0 Å². The largest absolute Gasteiger partial charge is 1.00 e. The Morgan fingerprint density at radius 2 is 1.72 bits per heavy atom. The van der Waals surface area contributed by atoms with Crippen LogP contribution in [0.15, 0.2) is 30.3 Å². The second-order valence-electron chi connectivity index (χ2n) is 3.37. The van der Waals surface area contributed by atoms with Crippen LogP contribution in [0.1, 0.15) is 24.2 Å². The van der Waals surface area contributed by atoms with Gasteiger partial charge >= 0.3 is 18.9 Å². The van der Waals surface area contributed by atoms with Crippen LogP contribution in [-0.2, 0) is 14.3 Å². The number of ether oxygens (including phenoxy) is 1. The zero-order chi connectivity index (χ0) is 12.8. The van der Waals surface area contributed by atoms with E-state index in [1.165, 1.54) is 6.92 Å². The van der Waals surface area contributed by atoms with E-state index in [1.54, 1.807) is 37.3 Å². The average Bonchev–Trinajstić information content (AvgIpc) is 2.37. The Hall–Kier alpha value is -1.50. The molecule has 0 fully saturated rings. The Morgan fingerprint density at radius 1 is 1.17 bits per heavy atom. The fourth-order valence-electron chi connectivity index (χ4n) is 1.26. The van der Waals surface area contributed by atoms with E-state index < -0.39 is 17.5 Å². The molecule has 0 amide bonds. The first-order chi connectivity index (χ1) is 8.07. The minimum absolute atomic E-state index is 0. The minimum atomic E-state index is -0.991. The molecule has 18 heavy (non-hydrogen) atoms. The summed E-state index contributed by atoms with van der Waals surface area (Å²) in [5.74, 6) is -2.46. The first kappa shape index (κ1) is 16.5. The van der Waals surface area contributed by atoms with Crippen LogP contribution in [0.5, 0.6) is 0 Å². The molecule has 0 aliphatic heterocycles. The number of ketones is 2. The third kappa shape index (κ3) is 4.06. The summed E-state index contributed by atoms with van der Waals surface area (Å²) >= 11 is 0. The molecule has 5 heteroatoms. The smallest absolute Gasteiger partial charge is 0.517 e. The normalized spacial score (nSPS) is 9.00. The maximum absolute atomic E-state index is 11.8. The zero-order valence-electron chi connectivity index (χ0n) is 10.7. The number of rotatable bonds is 5. The average molecular weight is 240 g/mol. The van der Waals surface area contributed by atoms with Gasteiger partial charge in [-0.25, -0.2) is 0 Å². The minimum Gasteiger partial charge on any atom is -0.517 e. The maximum Gasteiger partial charge on any atom is 1.00 e. The monoisotopic (exact) mass is 240 g/mol. The molecule has 0 N–H and O–H groups in total. The fraction of sp³-hybridized carbons (Fsp3) is 0.231. The molecule has 1 rings (SSSR count). The maximum atomic E-state index is 11.8. The van der Waals surface area contributed by atoms with Crippen LogP contribution in [0.3, 0.4) is 0 Å². The van der Waals surface area contributed by atoms with E-state index in [0.29, 0.717) is 5.56 Å². The molecular weight excluding hydrogens is 227 g/mol. The number of esters is 1. The summed E-state index contributed by atoms with van der Waals surface area (Å²) < 4.78 is 4.55. The van der Waals surface area contributed by atoms with Gasteiger partial charge in [-0.1, -0.05) is 36.6 Å². The molecular formula is C13H13LiO4. The first-order valence-electron chi connectivity index (χ1n) is 5.22. The van der Waals surface area contributed by atoms with E-state index in [9.17, 15) is 14.4 Å². The van der Waals surface area contributed by atoms with E-state index in [2.05, 4.69) is 4.74 Å². The van der Waals surface area contributed by atoms with Crippen molar-refractivity contribution in [3.8, 4) is 0 Å². The number of Topliss-reactive ketones (excluding diaryl/α,β-unsaturated/α-hetero) is 2. The molecule has 0 saturated carbocycles. The number of hydrogen-bond donors (Lipinski definition) is 0. The van der Waals surface area contributed by atoms with Crippen LogP contribution in [0.4, 0.5) is 0 Å². The van der Waals surface area contributed by atoms with E-state index in [4.69, 9.17) is 0 Å². The van der Waals surface area contributed by atoms with Crippen molar-refractivity contribution in [1.82, 2.24) is 0 Å². The Morgan fingerprint density at radius 3 is 2.22 bits per heavy atom. The fourth-order valence-corrected chi connectivity index (χ4v) is 1.26. The summed E-state index contributed by atoms with van der Waals surface area (Å²) in [7, 11) is 0. The summed E-state index contributed by atoms with van der Waals surface area (Å²) in [6.45, 7) is 3.03. The molecule has 0 saturated heterocycles. The summed E-state index contributed by atoms with van der Waals surface area (Å²) in [5.41, 5.74) is 0.377. The third-order valence-electron chi connectivity index (χ3n) is 2.18. The van der Waals surface area contributed by atoms with Gasteiger partial charge < -0.3 is 19.1 Å². The molecule has 1 aromatic carbocycles. The van der Waals surface area contributed by atoms with Gasteiger partial charge in [-0.2, -0.15) is 0 Å². The van der Waals surface area contributed by atoms with E-state index >= 15 is 0 Å². The Bertz CT molecular complexity index is 428. The molecule has 0 bridgehead atoms. The molecule has 4 nitrogen and oxygen atoms in total. The molecule has 0 aliphatic carbocycles. The number of hydrogen-bond acceptors (Lipinski definition) is 4. The van der Waals surface area contributed by atoms with Crippen molar-refractivity contribution in [2.24, 2.45) is 0 Å². The number of carbonyl (C=O) groups excluding carboxylic acids is 3. The molecule has 1 aromatic rings. The van der Waals surface area contributed by atoms with Gasteiger partial charge in [0.05, 0.1) is 12.4 Å². The Balaban J connectivity index is 0.00000289. The second kappa shape index (κ2) is 7.75. The molecule has 0 aromatic heterocycles. The molecule has 0 atom stereocenters. The Labute approximate surface area is 118 Å². The number of benzene rings is 1. The van der Waals surface area contributed by atoms with Crippen LogP contribution >= 0.6 is 0 Å². The van der Waals surface area contributed by atoms with Gasteiger partial charge in [-0.15, -0.1) is 12.1 Å². The summed E-state index contributed by atoms with van der Waals surface area (Å²) in [4.78, 5) is 34.5. The van der Waals surface area contributed by atoms with Gasteiger partial charge in [0, 0.05) is 0 Å². The van der Waals surface area contributed by atoms with Crippen LogP contribution in [0, 0.1) is 5.92 Å². The van der Waals surface area contributed by atoms with E-state index in [-0.39, 0.29) is 31.4 Å². The van der Waals surface area contributed by atoms with Gasteiger partial charge in [0.2, 0.25) is 0 Å². The predicted octanol–water partition coefficient (Wildman–Crippen LogP) is -1.40. The van der Waals surface area contributed by atoms with Crippen molar-refractivity contribution < 1.29 is 38.0 Å². The van der Waals surface area contributed by atoms with Crippen molar-refractivity contribution in [3.05, 3.63) is 41.8 Å². The predicted molar refractivity (Wildman–Crippen MR) is 61.3 cm³/mol. The van der Waals surface area contributed by atoms with Crippen molar-refractivity contribution in [2.45, 2.75) is 13.8 Å². The topological polar surface area (TPSA) is 60.4 Å². The van der Waals surface area contributed by atoms with Gasteiger partial charge in [0.15, 0.2) is 5.78 Å².